The van der Waals surface area contributed by atoms with Crippen molar-refractivity contribution in [1.29, 1.82) is 0 Å². The van der Waals surface area contributed by atoms with Gasteiger partial charge in [0.1, 0.15) is 19.0 Å². The number of carbonyl (C=O) groups is 1. The third kappa shape index (κ3) is 4.48. The number of amides is 1. The number of carbonyl (C=O) groups excluding carboxylic acids is 1. The molecule has 2 aliphatic rings. The van der Waals surface area contributed by atoms with Crippen LogP contribution in [0.1, 0.15) is 11.5 Å². The predicted molar refractivity (Wildman–Crippen MR) is 121 cm³/mol. The highest BCUT2D eigenvalue weighted by Gasteiger charge is 2.31. The number of nitrogens with zero attached hydrogens (tertiary/aromatic N) is 3. The van der Waals surface area contributed by atoms with Crippen molar-refractivity contribution in [3.8, 4) is 22.3 Å². The summed E-state index contributed by atoms with van der Waals surface area (Å²) in [6, 6.07) is 8.39. The van der Waals surface area contributed by atoms with E-state index in [0.717, 1.165) is 10.8 Å². The molecule has 2 aliphatic heterocycles. The number of sulfonamides is 1. The van der Waals surface area contributed by atoms with Crippen molar-refractivity contribution < 1.29 is 27.1 Å². The average Bonchev–Trinajstić information content (AvgIpc) is 3.47. The lowest BCUT2D eigenvalue weighted by Crippen LogP contribution is -2.50. The molecule has 0 unspecified atom stereocenters. The molecule has 2 aromatic heterocycles. The van der Waals surface area contributed by atoms with E-state index < -0.39 is 10.0 Å². The molecule has 4 heterocycles. The van der Waals surface area contributed by atoms with Gasteiger partial charge in [-0.25, -0.2) is 13.4 Å². The number of aromatic nitrogens is 1. The number of piperazine rings is 1. The second-order valence-corrected chi connectivity index (χ2v) is 10.6. The number of hydrogen-bond donors (Lipinski definition) is 0. The van der Waals surface area contributed by atoms with Gasteiger partial charge in [0.25, 0.3) is 0 Å². The minimum atomic E-state index is -3.69. The first-order chi connectivity index (χ1) is 15.9. The molecule has 1 saturated heterocycles. The Kier molecular flexibility index (Phi) is 5.85. The van der Waals surface area contributed by atoms with Gasteiger partial charge in [-0.15, -0.1) is 11.3 Å². The lowest BCUT2D eigenvalue weighted by Gasteiger charge is -2.34. The second-order valence-electron chi connectivity index (χ2n) is 7.82. The molecular formula is C22H23N3O6S2. The van der Waals surface area contributed by atoms with Gasteiger partial charge in [0.2, 0.25) is 15.9 Å². The minimum absolute atomic E-state index is 0.0705. The Morgan fingerprint density at radius 1 is 1.06 bits per heavy atom. The summed E-state index contributed by atoms with van der Waals surface area (Å²) in [5.74, 6) is 2.40. The van der Waals surface area contributed by atoms with Crippen molar-refractivity contribution in [2.45, 2.75) is 18.2 Å². The average molecular weight is 490 g/mol. The number of ether oxygens (including phenoxy) is 2. The molecule has 1 fully saturated rings. The minimum Gasteiger partial charge on any atom is -0.486 e. The maximum atomic E-state index is 13.1. The molecule has 0 bridgehead atoms. The lowest BCUT2D eigenvalue weighted by atomic mass is 10.2. The zero-order chi connectivity index (χ0) is 23.0. The Morgan fingerprint density at radius 3 is 2.55 bits per heavy atom. The van der Waals surface area contributed by atoms with E-state index in [4.69, 9.17) is 13.9 Å². The Bertz CT molecular complexity index is 1270. The van der Waals surface area contributed by atoms with Crippen LogP contribution in [-0.4, -0.2) is 67.9 Å². The number of furan rings is 1. The number of aryl methyl sites for hydroxylation is 1. The topological polar surface area (TPSA) is 102 Å². The highest BCUT2D eigenvalue weighted by Crippen LogP contribution is 2.33. The van der Waals surface area contributed by atoms with Gasteiger partial charge in [-0.05, 0) is 31.2 Å². The Balaban J connectivity index is 1.20. The van der Waals surface area contributed by atoms with E-state index in [-0.39, 0.29) is 30.3 Å². The van der Waals surface area contributed by atoms with Crippen LogP contribution in [0, 0.1) is 6.92 Å². The van der Waals surface area contributed by atoms with Crippen molar-refractivity contribution in [1.82, 2.24) is 14.2 Å². The van der Waals surface area contributed by atoms with Gasteiger partial charge in [0, 0.05) is 37.6 Å². The van der Waals surface area contributed by atoms with Gasteiger partial charge in [-0.1, -0.05) is 0 Å². The van der Waals surface area contributed by atoms with Gasteiger partial charge in [-0.3, -0.25) is 4.79 Å². The molecule has 1 amide bonds. The molecule has 33 heavy (non-hydrogen) atoms. The van der Waals surface area contributed by atoms with Crippen LogP contribution in [0.3, 0.4) is 0 Å². The summed E-state index contributed by atoms with van der Waals surface area (Å²) in [7, 11) is -3.69. The molecule has 3 aromatic rings. The van der Waals surface area contributed by atoms with Crippen LogP contribution in [0.5, 0.6) is 11.5 Å². The fraction of sp³-hybridized carbons (Fsp3) is 0.364. The van der Waals surface area contributed by atoms with Gasteiger partial charge in [-0.2, -0.15) is 4.31 Å². The van der Waals surface area contributed by atoms with Crippen LogP contribution in [0.15, 0.2) is 45.0 Å². The second kappa shape index (κ2) is 8.81. The van der Waals surface area contributed by atoms with Crippen LogP contribution >= 0.6 is 11.3 Å². The number of rotatable bonds is 5. The lowest BCUT2D eigenvalue weighted by molar-refractivity contribution is -0.131. The van der Waals surface area contributed by atoms with E-state index in [9.17, 15) is 13.2 Å². The standard InChI is InChI=1S/C22H23N3O6S2/c1-15-2-4-19(31-15)22-23-16(14-32-22)12-21(26)24-6-8-25(9-7-24)33(27,28)17-3-5-18-20(13-17)30-11-10-29-18/h2-5,13-14H,6-12H2,1H3. The normalized spacial score (nSPS) is 16.7. The molecule has 174 valence electrons. The summed E-state index contributed by atoms with van der Waals surface area (Å²) >= 11 is 1.43. The number of fused-ring (bicyclic) bond motifs is 1. The maximum absolute atomic E-state index is 13.1. The monoisotopic (exact) mass is 489 g/mol. The van der Waals surface area contributed by atoms with Crippen molar-refractivity contribution in [3.63, 3.8) is 0 Å². The molecule has 5 rings (SSSR count). The van der Waals surface area contributed by atoms with Crippen molar-refractivity contribution in [2.24, 2.45) is 0 Å². The van der Waals surface area contributed by atoms with Crippen molar-refractivity contribution >= 4 is 27.3 Å². The maximum Gasteiger partial charge on any atom is 0.243 e. The van der Waals surface area contributed by atoms with E-state index in [1.165, 1.54) is 27.8 Å². The van der Waals surface area contributed by atoms with Crippen LogP contribution in [0.25, 0.3) is 10.8 Å². The van der Waals surface area contributed by atoms with E-state index in [0.29, 0.717) is 49.3 Å². The van der Waals surface area contributed by atoms with Gasteiger partial charge in [0.05, 0.1) is 17.0 Å². The predicted octanol–water partition coefficient (Wildman–Crippen LogP) is 2.56. The molecular weight excluding hydrogens is 466 g/mol. The summed E-state index contributed by atoms with van der Waals surface area (Å²) < 4.78 is 44.1. The SMILES string of the molecule is Cc1ccc(-c2nc(CC(=O)N3CCN(S(=O)(=O)c4ccc5c(c4)OCCO5)CC3)cs2)o1. The van der Waals surface area contributed by atoms with E-state index in [2.05, 4.69) is 4.98 Å². The van der Waals surface area contributed by atoms with E-state index in [1.54, 1.807) is 11.0 Å². The highest BCUT2D eigenvalue weighted by molar-refractivity contribution is 7.89. The first kappa shape index (κ1) is 21.9. The first-order valence-electron chi connectivity index (χ1n) is 10.6. The van der Waals surface area contributed by atoms with Gasteiger partial charge in [0.15, 0.2) is 22.3 Å². The van der Waals surface area contributed by atoms with Crippen LogP contribution in [0.4, 0.5) is 0 Å². The zero-order valence-corrected chi connectivity index (χ0v) is 19.7. The van der Waals surface area contributed by atoms with E-state index >= 15 is 0 Å². The summed E-state index contributed by atoms with van der Waals surface area (Å²) in [6.45, 7) is 3.83. The number of hydrogen-bond acceptors (Lipinski definition) is 8. The quantitative estimate of drug-likeness (QED) is 0.543. The Labute approximate surface area is 195 Å². The molecule has 0 radical (unpaired) electrons. The molecule has 9 nitrogen and oxygen atoms in total. The van der Waals surface area contributed by atoms with Gasteiger partial charge < -0.3 is 18.8 Å². The molecule has 1 aromatic carbocycles. The number of benzene rings is 1. The van der Waals surface area contributed by atoms with E-state index in [1.807, 2.05) is 24.4 Å². The molecule has 0 aliphatic carbocycles. The molecule has 0 spiro atoms. The highest BCUT2D eigenvalue weighted by atomic mass is 32.2. The number of thiazole rings is 1. The van der Waals surface area contributed by atoms with Gasteiger partial charge >= 0.3 is 0 Å². The Morgan fingerprint density at radius 2 is 1.82 bits per heavy atom. The summed E-state index contributed by atoms with van der Waals surface area (Å²) in [5.41, 5.74) is 0.681. The van der Waals surface area contributed by atoms with Crippen molar-refractivity contribution in [2.75, 3.05) is 39.4 Å². The zero-order valence-electron chi connectivity index (χ0n) is 18.0. The molecule has 0 atom stereocenters. The first-order valence-corrected chi connectivity index (χ1v) is 12.9. The largest absolute Gasteiger partial charge is 0.486 e. The third-order valence-electron chi connectivity index (χ3n) is 5.58. The fourth-order valence-electron chi connectivity index (χ4n) is 3.83. The molecule has 0 saturated carbocycles. The third-order valence-corrected chi connectivity index (χ3v) is 8.38. The summed E-state index contributed by atoms with van der Waals surface area (Å²) in [5, 5.41) is 2.59. The van der Waals surface area contributed by atoms with Crippen LogP contribution < -0.4 is 9.47 Å². The summed E-state index contributed by atoms with van der Waals surface area (Å²) in [4.78, 5) is 19.1. The van der Waals surface area contributed by atoms with Crippen LogP contribution in [-0.2, 0) is 21.2 Å². The Hall–Kier alpha value is -2.89. The van der Waals surface area contributed by atoms with Crippen molar-refractivity contribution in [3.05, 3.63) is 47.2 Å². The van der Waals surface area contributed by atoms with Crippen LogP contribution in [0.2, 0.25) is 0 Å². The fourth-order valence-corrected chi connectivity index (χ4v) is 6.05. The molecule has 11 heteroatoms. The summed E-state index contributed by atoms with van der Waals surface area (Å²) in [6.07, 6.45) is 0.172. The smallest absolute Gasteiger partial charge is 0.243 e. The molecule has 0 N–H and O–H groups in total.